The van der Waals surface area contributed by atoms with E-state index < -0.39 is 0 Å². The second-order valence-corrected chi connectivity index (χ2v) is 5.19. The summed E-state index contributed by atoms with van der Waals surface area (Å²) in [6.07, 6.45) is 2.57. The van der Waals surface area contributed by atoms with Gasteiger partial charge in [-0.15, -0.1) is 0 Å². The lowest BCUT2D eigenvalue weighted by atomic mass is 10.1. The van der Waals surface area contributed by atoms with Gasteiger partial charge in [-0.2, -0.15) is 0 Å². The molecule has 2 aliphatic rings. The van der Waals surface area contributed by atoms with Crippen molar-refractivity contribution in [1.29, 1.82) is 0 Å². The van der Waals surface area contributed by atoms with Gasteiger partial charge < -0.3 is 4.90 Å². The molecule has 2 saturated heterocycles. The quantitative estimate of drug-likeness (QED) is 0.736. The summed E-state index contributed by atoms with van der Waals surface area (Å²) in [5.74, 6) is -0.0426. The molecule has 3 rings (SSSR count). The van der Waals surface area contributed by atoms with Crippen molar-refractivity contribution in [3.05, 3.63) is 29.6 Å². The summed E-state index contributed by atoms with van der Waals surface area (Å²) in [5, 5.41) is 0. The van der Waals surface area contributed by atoms with E-state index in [9.17, 15) is 4.39 Å². The van der Waals surface area contributed by atoms with Gasteiger partial charge in [-0.25, -0.2) is 4.39 Å². The van der Waals surface area contributed by atoms with Crippen LogP contribution in [0.25, 0.3) is 0 Å². The van der Waals surface area contributed by atoms with E-state index in [4.69, 9.17) is 0 Å². The molecule has 2 heterocycles. The molecule has 0 N–H and O–H groups in total. The van der Waals surface area contributed by atoms with E-state index >= 15 is 0 Å². The number of aryl methyl sites for hydroxylation is 1. The number of hydrogen-bond donors (Lipinski definition) is 0. The van der Waals surface area contributed by atoms with Crippen molar-refractivity contribution < 1.29 is 4.39 Å². The van der Waals surface area contributed by atoms with Crippen molar-refractivity contribution in [3.8, 4) is 0 Å². The number of rotatable bonds is 1. The summed E-state index contributed by atoms with van der Waals surface area (Å²) in [7, 11) is 0. The van der Waals surface area contributed by atoms with Crippen molar-refractivity contribution in [2.45, 2.75) is 25.8 Å². The summed E-state index contributed by atoms with van der Waals surface area (Å²) in [5.41, 5.74) is 1.54. The second kappa shape index (κ2) is 4.30. The van der Waals surface area contributed by atoms with Gasteiger partial charge in [0, 0.05) is 25.7 Å². The number of anilines is 1. The third-order valence-corrected chi connectivity index (χ3v) is 4.10. The van der Waals surface area contributed by atoms with Crippen molar-refractivity contribution in [2.24, 2.45) is 0 Å². The standard InChI is InChI=1S/C14H19FN2/c1-11-4-2-6-13(14(11)15)17-9-8-16-7-3-5-12(16)10-17/h2,4,6,12H,3,5,7-10H2,1H3. The first-order valence-electron chi connectivity index (χ1n) is 6.50. The van der Waals surface area contributed by atoms with Crippen molar-refractivity contribution in [2.75, 3.05) is 31.1 Å². The van der Waals surface area contributed by atoms with Crippen molar-refractivity contribution >= 4 is 5.69 Å². The van der Waals surface area contributed by atoms with E-state index in [1.54, 1.807) is 0 Å². The van der Waals surface area contributed by atoms with Gasteiger partial charge in [-0.3, -0.25) is 4.90 Å². The Hall–Kier alpha value is -1.09. The lowest BCUT2D eigenvalue weighted by Crippen LogP contribution is -2.50. The van der Waals surface area contributed by atoms with Crippen LogP contribution in [0.3, 0.4) is 0 Å². The molecule has 0 spiro atoms. The topological polar surface area (TPSA) is 6.48 Å². The van der Waals surface area contributed by atoms with Gasteiger partial charge in [0.25, 0.3) is 0 Å². The molecule has 1 atom stereocenters. The van der Waals surface area contributed by atoms with Crippen LogP contribution in [0.2, 0.25) is 0 Å². The Morgan fingerprint density at radius 1 is 1.24 bits per heavy atom. The van der Waals surface area contributed by atoms with Crippen LogP contribution >= 0.6 is 0 Å². The maximum atomic E-state index is 14.1. The van der Waals surface area contributed by atoms with Gasteiger partial charge in [0.05, 0.1) is 5.69 Å². The number of benzene rings is 1. The van der Waals surface area contributed by atoms with Gasteiger partial charge in [0.2, 0.25) is 0 Å². The summed E-state index contributed by atoms with van der Waals surface area (Å²) in [6, 6.07) is 6.34. The van der Waals surface area contributed by atoms with Gasteiger partial charge >= 0.3 is 0 Å². The van der Waals surface area contributed by atoms with Crippen molar-refractivity contribution in [1.82, 2.24) is 4.90 Å². The number of piperazine rings is 1. The zero-order chi connectivity index (χ0) is 11.8. The molecule has 92 valence electrons. The Balaban J connectivity index is 1.82. The van der Waals surface area contributed by atoms with E-state index in [2.05, 4.69) is 9.80 Å². The Morgan fingerprint density at radius 3 is 3.00 bits per heavy atom. The minimum absolute atomic E-state index is 0.0426. The van der Waals surface area contributed by atoms with E-state index in [0.717, 1.165) is 30.9 Å². The first-order chi connectivity index (χ1) is 8.25. The second-order valence-electron chi connectivity index (χ2n) is 5.19. The smallest absolute Gasteiger partial charge is 0.149 e. The number of fused-ring (bicyclic) bond motifs is 1. The monoisotopic (exact) mass is 234 g/mol. The highest BCUT2D eigenvalue weighted by Gasteiger charge is 2.31. The van der Waals surface area contributed by atoms with Crippen molar-refractivity contribution in [3.63, 3.8) is 0 Å². The third kappa shape index (κ3) is 1.93. The summed E-state index contributed by atoms with van der Waals surface area (Å²) >= 11 is 0. The van der Waals surface area contributed by atoms with Gasteiger partial charge in [-0.1, -0.05) is 12.1 Å². The first-order valence-corrected chi connectivity index (χ1v) is 6.50. The van der Waals surface area contributed by atoms with E-state index in [0.29, 0.717) is 6.04 Å². The molecule has 0 aliphatic carbocycles. The summed E-state index contributed by atoms with van der Waals surface area (Å²) in [6.45, 7) is 6.09. The van der Waals surface area contributed by atoms with E-state index in [-0.39, 0.29) is 5.82 Å². The molecule has 0 radical (unpaired) electrons. The molecule has 2 aliphatic heterocycles. The minimum Gasteiger partial charge on any atom is -0.366 e. The fraction of sp³-hybridized carbons (Fsp3) is 0.571. The predicted molar refractivity (Wildman–Crippen MR) is 67.9 cm³/mol. The number of nitrogens with zero attached hydrogens (tertiary/aromatic N) is 2. The maximum Gasteiger partial charge on any atom is 0.149 e. The molecule has 3 heteroatoms. The van der Waals surface area contributed by atoms with Crippen LogP contribution in [0.5, 0.6) is 0 Å². The fourth-order valence-electron chi connectivity index (χ4n) is 3.09. The number of hydrogen-bond acceptors (Lipinski definition) is 2. The van der Waals surface area contributed by atoms with Gasteiger partial charge in [0.15, 0.2) is 0 Å². The zero-order valence-electron chi connectivity index (χ0n) is 10.3. The van der Waals surface area contributed by atoms with Crippen LogP contribution in [-0.4, -0.2) is 37.1 Å². The highest BCUT2D eigenvalue weighted by molar-refractivity contribution is 5.50. The summed E-state index contributed by atoms with van der Waals surface area (Å²) in [4.78, 5) is 4.76. The van der Waals surface area contributed by atoms with Crippen LogP contribution in [0.15, 0.2) is 18.2 Å². The van der Waals surface area contributed by atoms with E-state index in [1.165, 1.54) is 19.4 Å². The fourth-order valence-corrected chi connectivity index (χ4v) is 3.09. The lowest BCUT2D eigenvalue weighted by molar-refractivity contribution is 0.230. The predicted octanol–water partition coefficient (Wildman–Crippen LogP) is 2.42. The molecule has 2 nitrogen and oxygen atoms in total. The minimum atomic E-state index is -0.0426. The van der Waals surface area contributed by atoms with Crippen LogP contribution in [0, 0.1) is 12.7 Å². The molecule has 17 heavy (non-hydrogen) atoms. The molecule has 0 amide bonds. The molecule has 0 bridgehead atoms. The van der Waals surface area contributed by atoms with Crippen LogP contribution in [0.1, 0.15) is 18.4 Å². The zero-order valence-corrected chi connectivity index (χ0v) is 10.3. The summed E-state index contributed by atoms with van der Waals surface area (Å²) < 4.78 is 14.1. The average molecular weight is 234 g/mol. The number of halogens is 1. The van der Waals surface area contributed by atoms with Crippen LogP contribution in [-0.2, 0) is 0 Å². The molecule has 2 fully saturated rings. The Labute approximate surface area is 102 Å². The average Bonchev–Trinajstić information content (AvgIpc) is 2.79. The van der Waals surface area contributed by atoms with E-state index in [1.807, 2.05) is 25.1 Å². The molecule has 1 aromatic rings. The van der Waals surface area contributed by atoms with Crippen LogP contribution < -0.4 is 4.90 Å². The Bertz CT molecular complexity index is 419. The largest absolute Gasteiger partial charge is 0.366 e. The lowest BCUT2D eigenvalue weighted by Gasteiger charge is -2.39. The molecule has 0 aromatic heterocycles. The van der Waals surface area contributed by atoms with Gasteiger partial charge in [-0.05, 0) is 37.9 Å². The van der Waals surface area contributed by atoms with Crippen LogP contribution in [0.4, 0.5) is 10.1 Å². The highest BCUT2D eigenvalue weighted by Crippen LogP contribution is 2.28. The third-order valence-electron chi connectivity index (χ3n) is 4.10. The SMILES string of the molecule is Cc1cccc(N2CCN3CCCC3C2)c1F. The highest BCUT2D eigenvalue weighted by atomic mass is 19.1. The molecular formula is C14H19FN2. The van der Waals surface area contributed by atoms with Gasteiger partial charge in [0.1, 0.15) is 5.82 Å². The molecule has 1 aromatic carbocycles. The molecular weight excluding hydrogens is 215 g/mol. The Morgan fingerprint density at radius 2 is 2.12 bits per heavy atom. The Kier molecular flexibility index (Phi) is 2.79. The molecule has 1 unspecified atom stereocenters. The normalized spacial score (nSPS) is 25.1. The molecule has 0 saturated carbocycles. The maximum absolute atomic E-state index is 14.1. The first kappa shape index (κ1) is 11.0.